The normalized spacial score (nSPS) is 19.7. The second-order valence-electron chi connectivity index (χ2n) is 7.24. The Morgan fingerprint density at radius 1 is 1.07 bits per heavy atom. The van der Waals surface area contributed by atoms with E-state index in [1.165, 1.54) is 24.0 Å². The van der Waals surface area contributed by atoms with Gasteiger partial charge in [0.25, 0.3) is 0 Å². The second kappa shape index (κ2) is 10.2. The van der Waals surface area contributed by atoms with Crippen LogP contribution in [0, 0.1) is 5.92 Å². The molecule has 2 aromatic carbocycles. The molecule has 1 aliphatic heterocycles. The fraction of sp³-hybridized carbons (Fsp3) is 0.381. The van der Waals surface area contributed by atoms with Crippen molar-refractivity contribution in [2.45, 2.75) is 38.1 Å². The molecule has 2 atom stereocenters. The summed E-state index contributed by atoms with van der Waals surface area (Å²) in [7, 11) is 0. The van der Waals surface area contributed by atoms with Crippen molar-refractivity contribution < 1.29 is 0 Å². The molecule has 1 heterocycles. The molecule has 2 aromatic rings. The van der Waals surface area contributed by atoms with Gasteiger partial charge in [-0.05, 0) is 72.7 Å². The van der Waals surface area contributed by atoms with Crippen LogP contribution in [0.2, 0.25) is 10.0 Å². The van der Waals surface area contributed by atoms with Crippen LogP contribution in [0.5, 0.6) is 0 Å². The van der Waals surface area contributed by atoms with Gasteiger partial charge in [-0.15, -0.1) is 24.8 Å². The third-order valence-electron chi connectivity index (χ3n) is 5.53. The van der Waals surface area contributed by atoms with Crippen LogP contribution in [0.4, 0.5) is 5.69 Å². The Hall–Kier alpha value is -0.970. The molecule has 0 radical (unpaired) electrons. The summed E-state index contributed by atoms with van der Waals surface area (Å²) in [5, 5.41) is 5.06. The maximum Gasteiger partial charge on any atom is 0.103 e. The lowest BCUT2D eigenvalue weighted by Crippen LogP contribution is -2.28. The highest BCUT2D eigenvalue weighted by Gasteiger charge is 2.36. The van der Waals surface area contributed by atoms with Gasteiger partial charge in [-0.2, -0.15) is 0 Å². The van der Waals surface area contributed by atoms with Gasteiger partial charge in [-0.3, -0.25) is 0 Å². The average molecular weight is 461 g/mol. The van der Waals surface area contributed by atoms with Crippen LogP contribution in [-0.4, -0.2) is 12.4 Å². The van der Waals surface area contributed by atoms with Crippen LogP contribution in [-0.2, 0) is 13.0 Å². The first-order valence-electron chi connectivity index (χ1n) is 9.23. The molecule has 0 amide bonds. The summed E-state index contributed by atoms with van der Waals surface area (Å²) in [5.41, 5.74) is 10.8. The lowest BCUT2D eigenvalue weighted by molar-refractivity contribution is 0.609. The molecule has 0 bridgehead atoms. The minimum absolute atomic E-state index is 0. The number of benzene rings is 2. The standard InChI is InChI=1S/C21H23Cl2N3.2ClH/c22-15-4-1-3-13(9-15)12-25-8-7-14-10-20-18(11-19(14)23)16-5-2-6-17(16)21(24)26-20;;/h1,3-4,9-11,16-17,25H,2,5-8,12H2,(H2,24,26);2*1H/t16-,17+;;/m0../s1. The van der Waals surface area contributed by atoms with Crippen LogP contribution in [0.1, 0.15) is 41.9 Å². The largest absolute Gasteiger partial charge is 0.387 e. The number of nitrogens with zero attached hydrogens (tertiary/aromatic N) is 1. The second-order valence-corrected chi connectivity index (χ2v) is 8.08. The fourth-order valence-electron chi connectivity index (χ4n) is 4.22. The van der Waals surface area contributed by atoms with E-state index in [-0.39, 0.29) is 24.8 Å². The number of nitrogens with one attached hydrogen (secondary N) is 1. The Labute approximate surface area is 188 Å². The van der Waals surface area contributed by atoms with Crippen LogP contribution >= 0.6 is 48.0 Å². The molecule has 7 heteroatoms. The van der Waals surface area contributed by atoms with E-state index < -0.39 is 0 Å². The van der Waals surface area contributed by atoms with Gasteiger partial charge in [0.1, 0.15) is 5.84 Å². The van der Waals surface area contributed by atoms with Crippen LogP contribution in [0.15, 0.2) is 41.4 Å². The zero-order valence-electron chi connectivity index (χ0n) is 15.5. The highest BCUT2D eigenvalue weighted by atomic mass is 35.5. The summed E-state index contributed by atoms with van der Waals surface area (Å²) in [4.78, 5) is 4.68. The summed E-state index contributed by atoms with van der Waals surface area (Å²) in [6.07, 6.45) is 4.41. The molecule has 1 fully saturated rings. The van der Waals surface area contributed by atoms with Crippen LogP contribution in [0.3, 0.4) is 0 Å². The predicted molar refractivity (Wildman–Crippen MR) is 124 cm³/mol. The smallest absolute Gasteiger partial charge is 0.103 e. The molecule has 1 saturated carbocycles. The van der Waals surface area contributed by atoms with E-state index in [4.69, 9.17) is 28.9 Å². The molecular weight excluding hydrogens is 436 g/mol. The first-order valence-corrected chi connectivity index (χ1v) is 9.99. The highest BCUT2D eigenvalue weighted by molar-refractivity contribution is 6.31. The number of halogens is 4. The third-order valence-corrected chi connectivity index (χ3v) is 6.12. The lowest BCUT2D eigenvalue weighted by Gasteiger charge is -2.27. The maximum atomic E-state index is 6.58. The quantitative estimate of drug-likeness (QED) is 0.533. The Morgan fingerprint density at radius 2 is 1.86 bits per heavy atom. The topological polar surface area (TPSA) is 50.4 Å². The molecule has 0 aromatic heterocycles. The first kappa shape index (κ1) is 23.3. The van der Waals surface area contributed by atoms with E-state index >= 15 is 0 Å². The third kappa shape index (κ3) is 4.95. The molecule has 0 unspecified atom stereocenters. The van der Waals surface area contributed by atoms with Crippen molar-refractivity contribution in [1.29, 1.82) is 0 Å². The maximum absolute atomic E-state index is 6.58. The number of hydrogen-bond donors (Lipinski definition) is 2. The Kier molecular flexibility index (Phi) is 8.47. The van der Waals surface area contributed by atoms with Crippen molar-refractivity contribution in [3.05, 3.63) is 63.1 Å². The van der Waals surface area contributed by atoms with Crippen molar-refractivity contribution in [2.75, 3.05) is 6.54 Å². The Bertz CT molecular complexity index is 854. The van der Waals surface area contributed by atoms with Gasteiger partial charge < -0.3 is 11.1 Å². The number of rotatable bonds is 5. The summed E-state index contributed by atoms with van der Waals surface area (Å²) in [6, 6.07) is 12.2. The van der Waals surface area contributed by atoms with Gasteiger partial charge in [0, 0.05) is 22.5 Å². The molecule has 4 rings (SSSR count). The fourth-order valence-corrected chi connectivity index (χ4v) is 4.70. The molecule has 1 aliphatic carbocycles. The molecule has 2 aliphatic rings. The van der Waals surface area contributed by atoms with Crippen LogP contribution < -0.4 is 11.1 Å². The molecule has 3 nitrogen and oxygen atoms in total. The van der Waals surface area contributed by atoms with Gasteiger partial charge in [0.05, 0.1) is 5.69 Å². The molecule has 3 N–H and O–H groups in total. The van der Waals surface area contributed by atoms with E-state index in [0.717, 1.165) is 53.1 Å². The number of nitrogens with two attached hydrogens (primary N) is 1. The Balaban J connectivity index is 0.00000140. The van der Waals surface area contributed by atoms with Crippen molar-refractivity contribution >= 4 is 59.5 Å². The lowest BCUT2D eigenvalue weighted by atomic mass is 9.84. The van der Waals surface area contributed by atoms with Crippen molar-refractivity contribution in [2.24, 2.45) is 16.6 Å². The SMILES string of the molecule is Cl.Cl.NC1=Nc2cc(CCNCc3cccc(Cl)c3)c(Cl)cc2[C@H]2CCC[C@@H]12. The van der Waals surface area contributed by atoms with E-state index in [2.05, 4.69) is 28.5 Å². The summed E-state index contributed by atoms with van der Waals surface area (Å²) < 4.78 is 0. The zero-order chi connectivity index (χ0) is 18.1. The molecule has 0 spiro atoms. The highest BCUT2D eigenvalue weighted by Crippen LogP contribution is 2.47. The average Bonchev–Trinajstić information content (AvgIpc) is 3.11. The number of amidine groups is 1. The van der Waals surface area contributed by atoms with Gasteiger partial charge in [0.2, 0.25) is 0 Å². The first-order chi connectivity index (χ1) is 12.6. The van der Waals surface area contributed by atoms with Crippen molar-refractivity contribution in [1.82, 2.24) is 5.32 Å². The molecule has 28 heavy (non-hydrogen) atoms. The van der Waals surface area contributed by atoms with Gasteiger partial charge in [-0.25, -0.2) is 4.99 Å². The Morgan fingerprint density at radius 3 is 2.64 bits per heavy atom. The van der Waals surface area contributed by atoms with Gasteiger partial charge in [0.15, 0.2) is 0 Å². The molecule has 0 saturated heterocycles. The van der Waals surface area contributed by atoms with Gasteiger partial charge in [-0.1, -0.05) is 41.8 Å². The summed E-state index contributed by atoms with van der Waals surface area (Å²) in [5.74, 6) is 1.70. The van der Waals surface area contributed by atoms with Crippen LogP contribution in [0.25, 0.3) is 0 Å². The van der Waals surface area contributed by atoms with Crippen molar-refractivity contribution in [3.8, 4) is 0 Å². The zero-order valence-corrected chi connectivity index (χ0v) is 18.6. The van der Waals surface area contributed by atoms with E-state index in [9.17, 15) is 0 Å². The minimum Gasteiger partial charge on any atom is -0.387 e. The van der Waals surface area contributed by atoms with Crippen molar-refractivity contribution in [3.63, 3.8) is 0 Å². The predicted octanol–water partition coefficient (Wildman–Crippen LogP) is 6.06. The van der Waals surface area contributed by atoms with E-state index in [1.54, 1.807) is 0 Å². The van der Waals surface area contributed by atoms with E-state index in [1.807, 2.05) is 18.2 Å². The monoisotopic (exact) mass is 459 g/mol. The van der Waals surface area contributed by atoms with E-state index in [0.29, 0.717) is 11.8 Å². The summed E-state index contributed by atoms with van der Waals surface area (Å²) in [6.45, 7) is 1.63. The molecule has 152 valence electrons. The molecular formula is C21H25Cl4N3. The minimum atomic E-state index is 0. The number of aliphatic imine (C=N–C) groups is 1. The summed E-state index contributed by atoms with van der Waals surface area (Å²) >= 11 is 12.6. The number of hydrogen-bond acceptors (Lipinski definition) is 3. The number of fused-ring (bicyclic) bond motifs is 3. The van der Waals surface area contributed by atoms with Gasteiger partial charge >= 0.3 is 0 Å².